The summed E-state index contributed by atoms with van der Waals surface area (Å²) in [6, 6.07) is 14.5. The SMILES string of the molecule is CCCCc1ccc(Nc2ncc(C(F)(F)F)c(Nc3ccccc3OCCC)n2)cc1. The van der Waals surface area contributed by atoms with Crippen LogP contribution >= 0.6 is 0 Å². The van der Waals surface area contributed by atoms with Crippen LogP contribution in [0.1, 0.15) is 44.2 Å². The maximum absolute atomic E-state index is 13.6. The molecule has 5 nitrogen and oxygen atoms in total. The Kier molecular flexibility index (Phi) is 7.92. The lowest BCUT2D eigenvalue weighted by Crippen LogP contribution is -2.13. The lowest BCUT2D eigenvalue weighted by Gasteiger charge is -2.17. The maximum Gasteiger partial charge on any atom is 0.421 e. The molecule has 0 aliphatic heterocycles. The molecule has 8 heteroatoms. The fourth-order valence-electron chi connectivity index (χ4n) is 3.04. The van der Waals surface area contributed by atoms with E-state index in [4.69, 9.17) is 4.74 Å². The van der Waals surface area contributed by atoms with E-state index in [0.29, 0.717) is 23.7 Å². The first-order valence-corrected chi connectivity index (χ1v) is 10.7. The number of ether oxygens (including phenoxy) is 1. The van der Waals surface area contributed by atoms with Gasteiger partial charge >= 0.3 is 6.18 Å². The van der Waals surface area contributed by atoms with E-state index >= 15 is 0 Å². The number of nitrogens with one attached hydrogen (secondary N) is 2. The highest BCUT2D eigenvalue weighted by molar-refractivity contribution is 5.67. The molecule has 0 aliphatic rings. The van der Waals surface area contributed by atoms with Crippen LogP contribution in [-0.4, -0.2) is 16.6 Å². The van der Waals surface area contributed by atoms with Crippen molar-refractivity contribution >= 4 is 23.1 Å². The molecule has 1 heterocycles. The number of hydrogen-bond acceptors (Lipinski definition) is 5. The Balaban J connectivity index is 1.86. The van der Waals surface area contributed by atoms with Crippen LogP contribution in [0.2, 0.25) is 0 Å². The number of halogens is 3. The van der Waals surface area contributed by atoms with Gasteiger partial charge in [0.2, 0.25) is 5.95 Å². The lowest BCUT2D eigenvalue weighted by molar-refractivity contribution is -0.137. The maximum atomic E-state index is 13.6. The summed E-state index contributed by atoms with van der Waals surface area (Å²) in [4.78, 5) is 7.99. The number of unbranched alkanes of at least 4 members (excludes halogenated alkanes) is 1. The minimum atomic E-state index is -4.61. The molecule has 3 rings (SSSR count). The Hall–Kier alpha value is -3.29. The number of alkyl halides is 3. The third-order valence-corrected chi connectivity index (χ3v) is 4.73. The molecule has 2 N–H and O–H groups in total. The van der Waals surface area contributed by atoms with Crippen molar-refractivity contribution in [1.29, 1.82) is 0 Å². The predicted molar refractivity (Wildman–Crippen MR) is 121 cm³/mol. The molecule has 1 aromatic heterocycles. The quantitative estimate of drug-likeness (QED) is 0.349. The van der Waals surface area contributed by atoms with Crippen molar-refractivity contribution in [3.05, 3.63) is 65.9 Å². The average molecular weight is 445 g/mol. The first-order chi connectivity index (χ1) is 15.4. The number of aryl methyl sites for hydroxylation is 1. The number of nitrogens with zero attached hydrogens (tertiary/aromatic N) is 2. The van der Waals surface area contributed by atoms with Gasteiger partial charge in [-0.25, -0.2) is 4.98 Å². The van der Waals surface area contributed by atoms with Crippen LogP contribution in [0, 0.1) is 0 Å². The van der Waals surface area contributed by atoms with Gasteiger partial charge in [-0.2, -0.15) is 18.2 Å². The molecule has 0 amide bonds. The van der Waals surface area contributed by atoms with E-state index in [1.54, 1.807) is 24.3 Å². The van der Waals surface area contributed by atoms with Gasteiger partial charge in [0.25, 0.3) is 0 Å². The molecule has 0 saturated carbocycles. The second kappa shape index (κ2) is 10.8. The summed E-state index contributed by atoms with van der Waals surface area (Å²) in [6.07, 6.45) is 0.154. The fraction of sp³-hybridized carbons (Fsp3) is 0.333. The van der Waals surface area contributed by atoms with Gasteiger partial charge in [0.15, 0.2) is 0 Å². The Morgan fingerprint density at radius 3 is 2.38 bits per heavy atom. The molecular weight excluding hydrogens is 417 g/mol. The first kappa shape index (κ1) is 23.4. The third-order valence-electron chi connectivity index (χ3n) is 4.73. The summed E-state index contributed by atoms with van der Waals surface area (Å²) < 4.78 is 46.4. The number of hydrogen-bond donors (Lipinski definition) is 2. The normalized spacial score (nSPS) is 11.3. The molecule has 2 aromatic carbocycles. The van der Waals surface area contributed by atoms with Crippen molar-refractivity contribution in [3.63, 3.8) is 0 Å². The van der Waals surface area contributed by atoms with Gasteiger partial charge in [-0.15, -0.1) is 0 Å². The number of para-hydroxylation sites is 2. The van der Waals surface area contributed by atoms with Crippen molar-refractivity contribution in [1.82, 2.24) is 9.97 Å². The van der Waals surface area contributed by atoms with Crippen molar-refractivity contribution in [2.75, 3.05) is 17.2 Å². The second-order valence-electron chi connectivity index (χ2n) is 7.35. The van der Waals surface area contributed by atoms with Crippen molar-refractivity contribution in [3.8, 4) is 5.75 Å². The molecule has 0 unspecified atom stereocenters. The zero-order valence-electron chi connectivity index (χ0n) is 18.2. The van der Waals surface area contributed by atoms with Gasteiger partial charge in [-0.3, -0.25) is 0 Å². The average Bonchev–Trinajstić information content (AvgIpc) is 2.77. The molecule has 0 radical (unpaired) electrons. The van der Waals surface area contributed by atoms with E-state index in [1.807, 2.05) is 31.2 Å². The van der Waals surface area contributed by atoms with Crippen LogP contribution < -0.4 is 15.4 Å². The van der Waals surface area contributed by atoms with E-state index < -0.39 is 11.7 Å². The molecule has 0 bridgehead atoms. The molecule has 3 aromatic rings. The van der Waals surface area contributed by atoms with E-state index in [9.17, 15) is 13.2 Å². The summed E-state index contributed by atoms with van der Waals surface area (Å²) in [5, 5.41) is 5.76. The standard InChI is InChI=1S/C24H27F3N4O/c1-3-5-8-17-11-13-18(14-12-17)29-23-28-16-19(24(25,26)27)22(31-23)30-20-9-6-7-10-21(20)32-15-4-2/h6-7,9-14,16H,3-5,8,15H2,1-2H3,(H2,28,29,30,31). The predicted octanol–water partition coefficient (Wildman–Crippen LogP) is 7.11. The number of benzene rings is 2. The van der Waals surface area contributed by atoms with E-state index in [0.717, 1.165) is 31.9 Å². The molecule has 0 saturated heterocycles. The van der Waals surface area contributed by atoms with Gasteiger partial charge in [0.1, 0.15) is 17.1 Å². The third kappa shape index (κ3) is 6.35. The fourth-order valence-corrected chi connectivity index (χ4v) is 3.04. The Morgan fingerprint density at radius 1 is 0.938 bits per heavy atom. The Bertz CT molecular complexity index is 1010. The molecule has 0 aliphatic carbocycles. The minimum Gasteiger partial charge on any atom is -0.491 e. The van der Waals surface area contributed by atoms with Gasteiger partial charge in [0.05, 0.1) is 12.3 Å². The van der Waals surface area contributed by atoms with Crippen LogP contribution in [0.15, 0.2) is 54.7 Å². The summed E-state index contributed by atoms with van der Waals surface area (Å²) in [5.41, 5.74) is 1.35. The van der Waals surface area contributed by atoms with Crippen LogP contribution in [0.4, 0.5) is 36.3 Å². The summed E-state index contributed by atoms with van der Waals surface area (Å²) in [7, 11) is 0. The molecule has 170 valence electrons. The van der Waals surface area contributed by atoms with Gasteiger partial charge in [-0.1, -0.05) is 44.5 Å². The van der Waals surface area contributed by atoms with Gasteiger partial charge in [-0.05, 0) is 49.1 Å². The number of anilines is 4. The topological polar surface area (TPSA) is 59.1 Å². The van der Waals surface area contributed by atoms with Crippen molar-refractivity contribution < 1.29 is 17.9 Å². The van der Waals surface area contributed by atoms with E-state index in [-0.39, 0.29) is 11.8 Å². The van der Waals surface area contributed by atoms with E-state index in [1.165, 1.54) is 5.56 Å². The molecule has 32 heavy (non-hydrogen) atoms. The lowest BCUT2D eigenvalue weighted by atomic mass is 10.1. The van der Waals surface area contributed by atoms with Crippen LogP contribution in [0.3, 0.4) is 0 Å². The summed E-state index contributed by atoms with van der Waals surface area (Å²) >= 11 is 0. The molecule has 0 fully saturated rings. The van der Waals surface area contributed by atoms with Crippen molar-refractivity contribution in [2.24, 2.45) is 0 Å². The highest BCUT2D eigenvalue weighted by Crippen LogP contribution is 2.37. The van der Waals surface area contributed by atoms with Crippen molar-refractivity contribution in [2.45, 2.75) is 45.7 Å². The minimum absolute atomic E-state index is 0.0637. The largest absolute Gasteiger partial charge is 0.491 e. The Morgan fingerprint density at radius 2 is 1.69 bits per heavy atom. The smallest absolute Gasteiger partial charge is 0.421 e. The number of aromatic nitrogens is 2. The molecule has 0 spiro atoms. The summed E-state index contributed by atoms with van der Waals surface area (Å²) in [5.74, 6) is 0.175. The zero-order valence-corrected chi connectivity index (χ0v) is 18.2. The zero-order chi connectivity index (χ0) is 23.0. The first-order valence-electron chi connectivity index (χ1n) is 10.7. The summed E-state index contributed by atoms with van der Waals surface area (Å²) in [6.45, 7) is 4.55. The van der Waals surface area contributed by atoms with Gasteiger partial charge in [0, 0.05) is 11.9 Å². The van der Waals surface area contributed by atoms with E-state index in [2.05, 4.69) is 27.5 Å². The molecule has 0 atom stereocenters. The number of rotatable bonds is 10. The Labute approximate surface area is 186 Å². The van der Waals surface area contributed by atoms with Crippen LogP contribution in [0.25, 0.3) is 0 Å². The van der Waals surface area contributed by atoms with Crippen LogP contribution in [0.5, 0.6) is 5.75 Å². The highest BCUT2D eigenvalue weighted by Gasteiger charge is 2.35. The second-order valence-corrected chi connectivity index (χ2v) is 7.35. The van der Waals surface area contributed by atoms with Gasteiger partial charge < -0.3 is 15.4 Å². The molecular formula is C24H27F3N4O. The highest BCUT2D eigenvalue weighted by atomic mass is 19.4. The monoisotopic (exact) mass is 444 g/mol. The van der Waals surface area contributed by atoms with Crippen LogP contribution in [-0.2, 0) is 12.6 Å².